The Hall–Kier alpha value is -1.72. The molecule has 3 nitrogen and oxygen atoms in total. The van der Waals surface area contributed by atoms with E-state index < -0.39 is 0 Å². The van der Waals surface area contributed by atoms with E-state index in [1.807, 2.05) is 24.3 Å². The lowest BCUT2D eigenvalue weighted by atomic mass is 10.2. The van der Waals surface area contributed by atoms with E-state index >= 15 is 0 Å². The summed E-state index contributed by atoms with van der Waals surface area (Å²) in [6, 6.07) is 12.2. The predicted octanol–water partition coefficient (Wildman–Crippen LogP) is 4.13. The van der Waals surface area contributed by atoms with Gasteiger partial charge in [-0.25, -0.2) is 4.98 Å². The first-order chi connectivity index (χ1) is 10.6. The number of rotatable bonds is 5. The molecule has 0 bridgehead atoms. The number of para-hydroxylation sites is 1. The predicted molar refractivity (Wildman–Crippen MR) is 93.8 cm³/mol. The minimum atomic E-state index is 0.0785. The summed E-state index contributed by atoms with van der Waals surface area (Å²) >= 11 is 3.38. The molecular weight excluding hydrogens is 312 g/mol. The molecule has 0 spiro atoms. The molecule has 3 aromatic rings. The first-order valence-corrected chi connectivity index (χ1v) is 8.92. The number of amides is 1. The van der Waals surface area contributed by atoms with E-state index in [4.69, 9.17) is 0 Å². The second kappa shape index (κ2) is 6.58. The van der Waals surface area contributed by atoms with Gasteiger partial charge in [0.1, 0.15) is 0 Å². The van der Waals surface area contributed by atoms with E-state index in [0.29, 0.717) is 13.0 Å². The van der Waals surface area contributed by atoms with Gasteiger partial charge in [-0.1, -0.05) is 19.1 Å². The molecule has 2 aromatic heterocycles. The molecule has 0 saturated heterocycles. The summed E-state index contributed by atoms with van der Waals surface area (Å²) in [6.45, 7) is 4.79. The molecule has 0 radical (unpaired) electrons. The van der Waals surface area contributed by atoms with Crippen LogP contribution in [0.15, 0.2) is 36.4 Å². The smallest absolute Gasteiger partial charge is 0.225 e. The topological polar surface area (TPSA) is 42.0 Å². The van der Waals surface area contributed by atoms with E-state index in [9.17, 15) is 4.79 Å². The van der Waals surface area contributed by atoms with Crippen LogP contribution in [0.2, 0.25) is 0 Å². The highest BCUT2D eigenvalue weighted by Crippen LogP contribution is 2.26. The van der Waals surface area contributed by atoms with Gasteiger partial charge in [0.15, 0.2) is 0 Å². The molecule has 1 N–H and O–H groups in total. The highest BCUT2D eigenvalue weighted by molar-refractivity contribution is 7.18. The number of benzene rings is 1. The second-order valence-electron chi connectivity index (χ2n) is 5.41. The van der Waals surface area contributed by atoms with E-state index in [2.05, 4.69) is 36.3 Å². The standard InChI is InChI=1S/C17H18N2OS2/c1-11(17-19-14-5-3-4-6-15(14)22-17)10-18-16(20)9-13-8-7-12(2)21-13/h3-8,11H,9-10H2,1-2H3,(H,18,20). The number of carbonyl (C=O) groups is 1. The maximum atomic E-state index is 12.0. The van der Waals surface area contributed by atoms with Crippen molar-refractivity contribution in [3.8, 4) is 0 Å². The Morgan fingerprint density at radius 1 is 1.23 bits per heavy atom. The van der Waals surface area contributed by atoms with Gasteiger partial charge >= 0.3 is 0 Å². The van der Waals surface area contributed by atoms with Gasteiger partial charge in [0.2, 0.25) is 5.91 Å². The van der Waals surface area contributed by atoms with Gasteiger partial charge in [-0.15, -0.1) is 22.7 Å². The molecule has 22 heavy (non-hydrogen) atoms. The largest absolute Gasteiger partial charge is 0.355 e. The number of aryl methyl sites for hydroxylation is 1. The van der Waals surface area contributed by atoms with Gasteiger partial charge in [-0.2, -0.15) is 0 Å². The SMILES string of the molecule is Cc1ccc(CC(=O)NCC(C)c2nc3ccccc3s2)s1. The molecular formula is C17H18N2OS2. The van der Waals surface area contributed by atoms with E-state index in [1.165, 1.54) is 9.58 Å². The van der Waals surface area contributed by atoms with Crippen molar-refractivity contribution in [3.63, 3.8) is 0 Å². The second-order valence-corrected chi connectivity index (χ2v) is 7.85. The average Bonchev–Trinajstić information content (AvgIpc) is 3.10. The molecule has 0 fully saturated rings. The van der Waals surface area contributed by atoms with Crippen LogP contribution in [0, 0.1) is 6.92 Å². The number of carbonyl (C=O) groups excluding carboxylic acids is 1. The van der Waals surface area contributed by atoms with Crippen LogP contribution in [0.3, 0.4) is 0 Å². The zero-order chi connectivity index (χ0) is 15.5. The summed E-state index contributed by atoms with van der Waals surface area (Å²) in [5.74, 6) is 0.307. The van der Waals surface area contributed by atoms with Crippen LogP contribution in [-0.4, -0.2) is 17.4 Å². The Labute approximate surface area is 138 Å². The number of nitrogens with zero attached hydrogens (tertiary/aromatic N) is 1. The molecule has 114 valence electrons. The monoisotopic (exact) mass is 330 g/mol. The Morgan fingerprint density at radius 2 is 2.05 bits per heavy atom. The Kier molecular flexibility index (Phi) is 4.55. The molecule has 0 saturated carbocycles. The number of fused-ring (bicyclic) bond motifs is 1. The third kappa shape index (κ3) is 3.54. The van der Waals surface area contributed by atoms with Crippen LogP contribution < -0.4 is 5.32 Å². The van der Waals surface area contributed by atoms with Crippen molar-refractivity contribution in [2.75, 3.05) is 6.54 Å². The van der Waals surface area contributed by atoms with Crippen molar-refractivity contribution < 1.29 is 4.79 Å². The zero-order valence-electron chi connectivity index (χ0n) is 12.6. The van der Waals surface area contributed by atoms with Crippen LogP contribution in [0.4, 0.5) is 0 Å². The highest BCUT2D eigenvalue weighted by Gasteiger charge is 2.13. The van der Waals surface area contributed by atoms with Crippen LogP contribution in [-0.2, 0) is 11.2 Å². The molecule has 5 heteroatoms. The highest BCUT2D eigenvalue weighted by atomic mass is 32.1. The third-order valence-corrected chi connectivity index (χ3v) is 5.74. The Balaban J connectivity index is 1.57. The van der Waals surface area contributed by atoms with Crippen LogP contribution in [0.5, 0.6) is 0 Å². The van der Waals surface area contributed by atoms with Gasteiger partial charge in [0, 0.05) is 22.2 Å². The summed E-state index contributed by atoms with van der Waals surface area (Å²) in [5, 5.41) is 4.09. The summed E-state index contributed by atoms with van der Waals surface area (Å²) in [7, 11) is 0. The molecule has 2 heterocycles. The van der Waals surface area contributed by atoms with E-state index in [-0.39, 0.29) is 11.8 Å². The average molecular weight is 330 g/mol. The normalized spacial score (nSPS) is 12.5. The number of hydrogen-bond donors (Lipinski definition) is 1. The van der Waals surface area contributed by atoms with Crippen molar-refractivity contribution in [1.29, 1.82) is 0 Å². The van der Waals surface area contributed by atoms with E-state index in [1.54, 1.807) is 22.7 Å². The Bertz CT molecular complexity index is 758. The molecule has 0 aliphatic carbocycles. The van der Waals surface area contributed by atoms with Crippen molar-refractivity contribution in [2.24, 2.45) is 0 Å². The summed E-state index contributed by atoms with van der Waals surface area (Å²) in [5.41, 5.74) is 1.04. The minimum absolute atomic E-state index is 0.0785. The third-order valence-electron chi connectivity index (χ3n) is 3.47. The zero-order valence-corrected chi connectivity index (χ0v) is 14.3. The molecule has 0 aliphatic heterocycles. The summed E-state index contributed by atoms with van der Waals surface area (Å²) in [4.78, 5) is 19.0. The van der Waals surface area contributed by atoms with Gasteiger partial charge in [-0.3, -0.25) is 4.79 Å². The fourth-order valence-corrected chi connectivity index (χ4v) is 4.16. The molecule has 3 rings (SSSR count). The molecule has 1 unspecified atom stereocenters. The van der Waals surface area contributed by atoms with Crippen LogP contribution >= 0.6 is 22.7 Å². The quantitative estimate of drug-likeness (QED) is 0.764. The van der Waals surface area contributed by atoms with Gasteiger partial charge in [-0.05, 0) is 31.2 Å². The lowest BCUT2D eigenvalue weighted by Gasteiger charge is -2.09. The van der Waals surface area contributed by atoms with Crippen molar-refractivity contribution >= 4 is 38.8 Å². The fraction of sp³-hybridized carbons (Fsp3) is 0.294. The van der Waals surface area contributed by atoms with Crippen LogP contribution in [0.25, 0.3) is 10.2 Å². The van der Waals surface area contributed by atoms with Crippen LogP contribution in [0.1, 0.15) is 27.6 Å². The van der Waals surface area contributed by atoms with E-state index in [0.717, 1.165) is 15.4 Å². The Morgan fingerprint density at radius 3 is 2.77 bits per heavy atom. The number of aromatic nitrogens is 1. The van der Waals surface area contributed by atoms with Gasteiger partial charge < -0.3 is 5.32 Å². The maximum absolute atomic E-state index is 12.0. The van der Waals surface area contributed by atoms with Crippen molar-refractivity contribution in [1.82, 2.24) is 10.3 Å². The van der Waals surface area contributed by atoms with Gasteiger partial charge in [0.05, 0.1) is 21.6 Å². The maximum Gasteiger partial charge on any atom is 0.225 e. The number of thiophene rings is 1. The fourth-order valence-electron chi connectivity index (χ4n) is 2.26. The lowest BCUT2D eigenvalue weighted by molar-refractivity contribution is -0.120. The van der Waals surface area contributed by atoms with Crippen molar-refractivity contribution in [3.05, 3.63) is 51.2 Å². The summed E-state index contributed by atoms with van der Waals surface area (Å²) < 4.78 is 1.20. The number of thiazole rings is 1. The van der Waals surface area contributed by atoms with Crippen molar-refractivity contribution in [2.45, 2.75) is 26.2 Å². The molecule has 1 atom stereocenters. The van der Waals surface area contributed by atoms with Gasteiger partial charge in [0.25, 0.3) is 0 Å². The molecule has 1 aromatic carbocycles. The molecule has 1 amide bonds. The first kappa shape index (κ1) is 15.2. The minimum Gasteiger partial charge on any atom is -0.355 e. The lowest BCUT2D eigenvalue weighted by Crippen LogP contribution is -2.28. The first-order valence-electron chi connectivity index (χ1n) is 7.29. The molecule has 0 aliphatic rings. The summed E-state index contributed by atoms with van der Waals surface area (Å²) in [6.07, 6.45) is 0.463. The number of nitrogens with one attached hydrogen (secondary N) is 1. The number of hydrogen-bond acceptors (Lipinski definition) is 4.